The molecule has 2 aromatic carbocycles. The number of allylic oxidation sites excluding steroid dienone is 1. The van der Waals surface area contributed by atoms with Gasteiger partial charge in [0.1, 0.15) is 29.4 Å². The molecule has 0 radical (unpaired) electrons. The molecule has 2 aliphatic carbocycles. The number of aromatic amines is 1. The third-order valence-electron chi connectivity index (χ3n) is 10.9. The SMILES string of the molecule is Cc1cc(C(=O)N[C@H]2CCCCC/C=C\[C@H]3C[C@@]3(C(=O)NS(=O)(=O)C3CC3)NC(=O)[C@@H]3C[C@@H](Oc4nc5ccccc5c5ccccc45)CN3C2=O)n[nH]1. The molecule has 0 unspecified atom stereocenters. The Balaban J connectivity index is 1.12. The van der Waals surface area contributed by atoms with Crippen LogP contribution in [0.15, 0.2) is 66.7 Å². The van der Waals surface area contributed by atoms with Crippen molar-refractivity contribution >= 4 is 55.3 Å². The Hall–Kier alpha value is -5.31. The maximum Gasteiger partial charge on any atom is 0.272 e. The van der Waals surface area contributed by atoms with Gasteiger partial charge in [0.2, 0.25) is 27.7 Å². The second-order valence-electron chi connectivity index (χ2n) is 14.9. The molecule has 4 aliphatic rings. The lowest BCUT2D eigenvalue weighted by Gasteiger charge is -2.29. The predicted molar refractivity (Wildman–Crippen MR) is 200 cm³/mol. The molecule has 0 bridgehead atoms. The highest BCUT2D eigenvalue weighted by molar-refractivity contribution is 7.91. The summed E-state index contributed by atoms with van der Waals surface area (Å²) in [6.45, 7) is 1.78. The van der Waals surface area contributed by atoms with Crippen LogP contribution < -0.4 is 20.1 Å². The van der Waals surface area contributed by atoms with E-state index in [-0.39, 0.29) is 25.1 Å². The number of carbonyl (C=O) groups is 4. The molecule has 4 N–H and O–H groups in total. The molecule has 4 heterocycles. The van der Waals surface area contributed by atoms with Gasteiger partial charge in [0.25, 0.3) is 11.8 Å². The molecule has 2 saturated carbocycles. The van der Waals surface area contributed by atoms with Gasteiger partial charge in [0, 0.05) is 28.8 Å². The lowest BCUT2D eigenvalue weighted by Crippen LogP contribution is -2.58. The van der Waals surface area contributed by atoms with Crippen molar-refractivity contribution in [3.05, 3.63) is 78.1 Å². The van der Waals surface area contributed by atoms with Gasteiger partial charge in [-0.15, -0.1) is 0 Å². The molecule has 1 saturated heterocycles. The summed E-state index contributed by atoms with van der Waals surface area (Å²) in [5.41, 5.74) is 0.0619. The highest BCUT2D eigenvalue weighted by atomic mass is 32.2. The van der Waals surface area contributed by atoms with Crippen molar-refractivity contribution in [2.75, 3.05) is 6.54 Å². The van der Waals surface area contributed by atoms with Crippen molar-refractivity contribution in [2.45, 2.75) is 93.7 Å². The summed E-state index contributed by atoms with van der Waals surface area (Å²) < 4.78 is 34.5. The third kappa shape index (κ3) is 7.04. The van der Waals surface area contributed by atoms with E-state index in [1.54, 1.807) is 13.0 Å². The first-order chi connectivity index (χ1) is 26.0. The number of carbonyl (C=O) groups excluding carboxylic acids is 4. The van der Waals surface area contributed by atoms with Gasteiger partial charge in [-0.25, -0.2) is 13.4 Å². The number of nitrogens with zero attached hydrogens (tertiary/aromatic N) is 3. The molecule has 8 rings (SSSR count). The summed E-state index contributed by atoms with van der Waals surface area (Å²) >= 11 is 0. The number of sulfonamides is 1. The number of benzene rings is 2. The van der Waals surface area contributed by atoms with Gasteiger partial charge in [-0.3, -0.25) is 29.0 Å². The second-order valence-corrected chi connectivity index (χ2v) is 16.9. The molecular weight excluding hydrogens is 711 g/mol. The second kappa shape index (κ2) is 14.2. The first-order valence-electron chi connectivity index (χ1n) is 18.6. The zero-order valence-corrected chi connectivity index (χ0v) is 30.7. The van der Waals surface area contributed by atoms with Gasteiger partial charge in [-0.1, -0.05) is 61.4 Å². The number of aryl methyl sites for hydroxylation is 1. The number of hydrogen-bond acceptors (Lipinski definition) is 9. The number of nitrogens with one attached hydrogen (secondary N) is 4. The number of para-hydroxylation sites is 1. The number of amides is 4. The number of aromatic nitrogens is 3. The summed E-state index contributed by atoms with van der Waals surface area (Å²) in [5.74, 6) is -2.44. The van der Waals surface area contributed by atoms with Crippen LogP contribution in [0.1, 0.15) is 74.0 Å². The van der Waals surface area contributed by atoms with Gasteiger partial charge in [0.05, 0.1) is 17.3 Å². The lowest BCUT2D eigenvalue weighted by molar-refractivity contribution is -0.141. The van der Waals surface area contributed by atoms with Crippen molar-refractivity contribution in [3.63, 3.8) is 0 Å². The Morgan fingerprint density at radius 3 is 2.50 bits per heavy atom. The van der Waals surface area contributed by atoms with Gasteiger partial charge < -0.3 is 20.3 Å². The van der Waals surface area contributed by atoms with Crippen molar-refractivity contribution in [1.29, 1.82) is 0 Å². The molecule has 2 aliphatic heterocycles. The van der Waals surface area contributed by atoms with Crippen LogP contribution in [0.5, 0.6) is 5.88 Å². The first-order valence-corrected chi connectivity index (χ1v) is 20.2. The number of H-pyrrole nitrogens is 1. The Bertz CT molecular complexity index is 2290. The molecule has 4 amide bonds. The number of rotatable bonds is 7. The van der Waals surface area contributed by atoms with E-state index in [4.69, 9.17) is 9.72 Å². The van der Waals surface area contributed by atoms with Crippen molar-refractivity contribution in [2.24, 2.45) is 5.92 Å². The minimum atomic E-state index is -3.89. The standard InChI is InChI=1S/C39H43N7O7S/c1-23-19-32(44-43-23)34(47)40-31-16-6-4-2-3-5-11-24-21-39(24,38(50)45-54(51,52)26-17-18-26)42-35(48)33-20-25(22-46(33)37(31)49)53-36-29-14-8-7-12-27(29)28-13-9-10-15-30(28)41-36/h5,7-15,19,24-26,31,33H,2-4,6,16-18,20-22H2,1H3,(H,40,47)(H,42,48)(H,43,44)(H,45,50)/b11-5-/t24-,25+,31-,33-,39+/m0/s1. The van der Waals surface area contributed by atoms with Gasteiger partial charge in [-0.2, -0.15) is 5.10 Å². The van der Waals surface area contributed by atoms with Crippen molar-refractivity contribution in [3.8, 4) is 5.88 Å². The average Bonchev–Trinajstić information content (AvgIpc) is 4.05. The molecular formula is C39H43N7O7S. The van der Waals surface area contributed by atoms with Gasteiger partial charge >= 0.3 is 0 Å². The van der Waals surface area contributed by atoms with E-state index in [0.717, 1.165) is 34.5 Å². The summed E-state index contributed by atoms with van der Waals surface area (Å²) in [6, 6.07) is 15.0. The fourth-order valence-corrected chi connectivity index (χ4v) is 9.10. The van der Waals surface area contributed by atoms with Gasteiger partial charge in [0.15, 0.2) is 0 Å². The molecule has 5 atom stereocenters. The highest BCUT2D eigenvalue weighted by Crippen LogP contribution is 2.46. The quantitative estimate of drug-likeness (QED) is 0.161. The third-order valence-corrected chi connectivity index (χ3v) is 12.8. The Kier molecular flexibility index (Phi) is 9.36. The maximum atomic E-state index is 14.6. The van der Waals surface area contributed by atoms with Crippen LogP contribution in [0.4, 0.5) is 0 Å². The maximum absolute atomic E-state index is 14.6. The molecule has 282 valence electrons. The largest absolute Gasteiger partial charge is 0.472 e. The number of fused-ring (bicyclic) bond motifs is 5. The lowest BCUT2D eigenvalue weighted by atomic mass is 10.0. The first kappa shape index (κ1) is 35.7. The van der Waals surface area contributed by atoms with E-state index in [0.29, 0.717) is 43.7 Å². The van der Waals surface area contributed by atoms with Crippen LogP contribution in [0, 0.1) is 12.8 Å². The van der Waals surface area contributed by atoms with E-state index in [1.807, 2.05) is 60.7 Å². The molecule has 3 fully saturated rings. The van der Waals surface area contributed by atoms with Crippen LogP contribution in [-0.2, 0) is 24.4 Å². The average molecular weight is 754 g/mol. The predicted octanol–water partition coefficient (Wildman–Crippen LogP) is 3.57. The molecule has 0 spiro atoms. The van der Waals surface area contributed by atoms with Gasteiger partial charge in [-0.05, 0) is 69.0 Å². The Morgan fingerprint density at radius 1 is 0.981 bits per heavy atom. The number of ether oxygens (including phenoxy) is 1. The van der Waals surface area contributed by atoms with Crippen LogP contribution in [0.2, 0.25) is 0 Å². The molecule has 15 heteroatoms. The Morgan fingerprint density at radius 2 is 1.74 bits per heavy atom. The van der Waals surface area contributed by atoms with E-state index < -0.39 is 68.5 Å². The fourth-order valence-electron chi connectivity index (χ4n) is 7.73. The smallest absolute Gasteiger partial charge is 0.272 e. The summed E-state index contributed by atoms with van der Waals surface area (Å²) in [4.78, 5) is 62.4. The van der Waals surface area contributed by atoms with E-state index in [9.17, 15) is 27.6 Å². The molecule has 54 heavy (non-hydrogen) atoms. The summed E-state index contributed by atoms with van der Waals surface area (Å²) in [6.07, 6.45) is 7.63. The van der Waals surface area contributed by atoms with Crippen LogP contribution in [0.3, 0.4) is 0 Å². The fraction of sp³-hybridized carbons (Fsp3) is 0.436. The molecule has 2 aromatic heterocycles. The topological polar surface area (TPSA) is 193 Å². The minimum Gasteiger partial charge on any atom is -0.472 e. The van der Waals surface area contributed by atoms with Crippen molar-refractivity contribution < 1.29 is 32.3 Å². The summed E-state index contributed by atoms with van der Waals surface area (Å²) in [5, 5.41) is 14.6. The van der Waals surface area contributed by atoms with Crippen molar-refractivity contribution in [1.82, 2.24) is 35.4 Å². The summed E-state index contributed by atoms with van der Waals surface area (Å²) in [7, 11) is -3.89. The zero-order valence-electron chi connectivity index (χ0n) is 29.9. The Labute approximate surface area is 312 Å². The number of hydrogen-bond donors (Lipinski definition) is 4. The monoisotopic (exact) mass is 753 g/mol. The van der Waals surface area contributed by atoms with E-state index in [2.05, 4.69) is 25.6 Å². The number of pyridine rings is 1. The van der Waals surface area contributed by atoms with Crippen LogP contribution >= 0.6 is 0 Å². The molecule has 14 nitrogen and oxygen atoms in total. The minimum absolute atomic E-state index is 0.00617. The van der Waals surface area contributed by atoms with Crippen LogP contribution in [0.25, 0.3) is 21.7 Å². The highest BCUT2D eigenvalue weighted by Gasteiger charge is 2.62. The van der Waals surface area contributed by atoms with E-state index in [1.165, 1.54) is 4.90 Å². The molecule has 4 aromatic rings. The normalized spacial score (nSPS) is 26.9. The zero-order chi connectivity index (χ0) is 37.6. The van der Waals surface area contributed by atoms with E-state index >= 15 is 0 Å². The van der Waals surface area contributed by atoms with Crippen LogP contribution in [-0.4, -0.2) is 87.6 Å².